The van der Waals surface area contributed by atoms with Crippen molar-refractivity contribution in [2.75, 3.05) is 4.90 Å². The predicted octanol–water partition coefficient (Wildman–Crippen LogP) is 6.10. The van der Waals surface area contributed by atoms with Gasteiger partial charge in [-0.25, -0.2) is 9.18 Å². The van der Waals surface area contributed by atoms with Gasteiger partial charge in [0.2, 0.25) is 0 Å². The minimum atomic E-state index is -5.26. The van der Waals surface area contributed by atoms with Gasteiger partial charge in [0.25, 0.3) is 0 Å². The Kier molecular flexibility index (Phi) is 10.0. The van der Waals surface area contributed by atoms with Crippen LogP contribution in [0.15, 0.2) is 24.3 Å². The fourth-order valence-corrected chi connectivity index (χ4v) is 3.18. The molecule has 0 saturated carbocycles. The molecule has 1 amide bonds. The number of rotatable bonds is 11. The first-order chi connectivity index (χ1) is 14.0. The molecular formula is C22H29F4NO3. The Morgan fingerprint density at radius 3 is 2.07 bits per heavy atom. The van der Waals surface area contributed by atoms with Gasteiger partial charge >= 0.3 is 18.1 Å². The second kappa shape index (κ2) is 11.7. The van der Waals surface area contributed by atoms with Crippen molar-refractivity contribution in [1.82, 2.24) is 0 Å². The summed E-state index contributed by atoms with van der Waals surface area (Å²) >= 11 is 0. The molecule has 0 radical (unpaired) electrons. The first-order valence-corrected chi connectivity index (χ1v) is 10.1. The molecule has 1 aromatic carbocycles. The summed E-state index contributed by atoms with van der Waals surface area (Å²) in [4.78, 5) is 24.1. The lowest BCUT2D eigenvalue weighted by Gasteiger charge is -2.30. The van der Waals surface area contributed by atoms with Crippen LogP contribution in [-0.2, 0) is 9.59 Å². The van der Waals surface area contributed by atoms with E-state index in [-0.39, 0.29) is 28.1 Å². The number of hydrogen-bond acceptors (Lipinski definition) is 2. The van der Waals surface area contributed by atoms with Crippen molar-refractivity contribution in [2.45, 2.75) is 77.9 Å². The second-order valence-corrected chi connectivity index (χ2v) is 7.32. The number of unbranched alkanes of at least 4 members (excludes halogenated alkanes) is 4. The summed E-state index contributed by atoms with van der Waals surface area (Å²) in [6.45, 7) is 4.79. The Labute approximate surface area is 174 Å². The molecule has 0 heterocycles. The third-order valence-corrected chi connectivity index (χ3v) is 4.75. The number of allylic oxidation sites excluding steroid dienone is 2. The highest BCUT2D eigenvalue weighted by Crippen LogP contribution is 2.30. The largest absolute Gasteiger partial charge is 0.480 e. The van der Waals surface area contributed by atoms with Crippen LogP contribution in [0.5, 0.6) is 0 Å². The van der Waals surface area contributed by atoms with E-state index < -0.39 is 29.9 Å². The molecule has 0 aliphatic rings. The first kappa shape index (κ1) is 25.7. The van der Waals surface area contributed by atoms with Crippen LogP contribution in [0.3, 0.4) is 0 Å². The molecule has 0 saturated heterocycles. The summed E-state index contributed by atoms with van der Waals surface area (Å²) in [6, 6.07) is 0.419. The predicted molar refractivity (Wildman–Crippen MR) is 108 cm³/mol. The van der Waals surface area contributed by atoms with E-state index in [1.165, 1.54) is 13.8 Å². The van der Waals surface area contributed by atoms with E-state index in [2.05, 4.69) is 6.92 Å². The quantitative estimate of drug-likeness (QED) is 0.262. The average Bonchev–Trinajstić information content (AvgIpc) is 2.65. The molecule has 1 unspecified atom stereocenters. The molecule has 168 valence electrons. The van der Waals surface area contributed by atoms with Crippen LogP contribution in [0.25, 0.3) is 0 Å². The monoisotopic (exact) mass is 431 g/mol. The molecule has 1 rings (SSSR count). The van der Waals surface area contributed by atoms with Gasteiger partial charge < -0.3 is 5.11 Å². The van der Waals surface area contributed by atoms with Gasteiger partial charge in [0, 0.05) is 5.69 Å². The van der Waals surface area contributed by atoms with Gasteiger partial charge in [-0.3, -0.25) is 9.69 Å². The summed E-state index contributed by atoms with van der Waals surface area (Å²) in [7, 11) is 0. The van der Waals surface area contributed by atoms with Crippen LogP contribution in [-0.4, -0.2) is 29.2 Å². The fraction of sp³-hybridized carbons (Fsp3) is 0.545. The zero-order valence-corrected chi connectivity index (χ0v) is 17.6. The number of aliphatic carboxylic acids is 1. The van der Waals surface area contributed by atoms with Crippen LogP contribution in [0.1, 0.15) is 63.0 Å². The maximum Gasteiger partial charge on any atom is 0.471 e. The normalized spacial score (nSPS) is 12.9. The molecule has 1 aromatic rings. The van der Waals surface area contributed by atoms with Crippen molar-refractivity contribution in [2.24, 2.45) is 0 Å². The van der Waals surface area contributed by atoms with E-state index in [0.717, 1.165) is 37.8 Å². The van der Waals surface area contributed by atoms with Crippen molar-refractivity contribution >= 4 is 17.6 Å². The molecule has 0 aliphatic carbocycles. The van der Waals surface area contributed by atoms with Gasteiger partial charge in [-0.15, -0.1) is 0 Å². The maximum atomic E-state index is 13.9. The van der Waals surface area contributed by atoms with Crippen molar-refractivity contribution < 1.29 is 32.3 Å². The smallest absolute Gasteiger partial charge is 0.471 e. The summed E-state index contributed by atoms with van der Waals surface area (Å²) in [6.07, 6.45) is 3.34. The first-order valence-electron chi connectivity index (χ1n) is 10.1. The van der Waals surface area contributed by atoms with E-state index in [0.29, 0.717) is 12.8 Å². The van der Waals surface area contributed by atoms with Crippen LogP contribution in [0.4, 0.5) is 23.2 Å². The average molecular weight is 431 g/mol. The number of alkyl halides is 3. The van der Waals surface area contributed by atoms with Crippen molar-refractivity contribution in [3.63, 3.8) is 0 Å². The lowest BCUT2D eigenvalue weighted by Crippen LogP contribution is -2.51. The Bertz CT molecular complexity index is 736. The highest BCUT2D eigenvalue weighted by molar-refractivity contribution is 6.02. The number of benzene rings is 1. The maximum absolute atomic E-state index is 13.9. The van der Waals surface area contributed by atoms with Gasteiger partial charge in [0.15, 0.2) is 0 Å². The summed E-state index contributed by atoms with van der Waals surface area (Å²) in [5, 5.41) is 9.56. The van der Waals surface area contributed by atoms with E-state index >= 15 is 0 Å². The molecule has 0 spiro atoms. The molecule has 0 aromatic heterocycles. The molecule has 4 nitrogen and oxygen atoms in total. The van der Waals surface area contributed by atoms with Crippen LogP contribution in [0, 0.1) is 19.7 Å². The molecule has 1 atom stereocenters. The van der Waals surface area contributed by atoms with E-state index in [4.69, 9.17) is 0 Å². The Morgan fingerprint density at radius 1 is 1.07 bits per heavy atom. The van der Waals surface area contributed by atoms with Gasteiger partial charge in [0.1, 0.15) is 11.9 Å². The Balaban J connectivity index is 3.07. The second-order valence-electron chi connectivity index (χ2n) is 7.32. The molecule has 8 heteroatoms. The SMILES string of the molecule is CCCCC/C=C/CCCC(C(=O)O)N(C(=O)C(F)(F)F)c1cc(C)c(F)c(C)c1. The topological polar surface area (TPSA) is 57.6 Å². The molecule has 1 N–H and O–H groups in total. The lowest BCUT2D eigenvalue weighted by atomic mass is 10.0. The highest BCUT2D eigenvalue weighted by atomic mass is 19.4. The third kappa shape index (κ3) is 7.46. The number of anilines is 1. The fourth-order valence-electron chi connectivity index (χ4n) is 3.18. The molecule has 30 heavy (non-hydrogen) atoms. The van der Waals surface area contributed by atoms with E-state index in [1.807, 2.05) is 12.2 Å². The molecule has 0 aliphatic heterocycles. The minimum absolute atomic E-state index is 0.0316. The van der Waals surface area contributed by atoms with E-state index in [1.54, 1.807) is 0 Å². The lowest BCUT2D eigenvalue weighted by molar-refractivity contribution is -0.171. The number of carbonyl (C=O) groups is 2. The number of aryl methyl sites for hydroxylation is 2. The molecular weight excluding hydrogens is 402 g/mol. The minimum Gasteiger partial charge on any atom is -0.480 e. The van der Waals surface area contributed by atoms with Gasteiger partial charge in [-0.05, 0) is 69.2 Å². The van der Waals surface area contributed by atoms with Gasteiger partial charge in [-0.1, -0.05) is 31.9 Å². The zero-order chi connectivity index (χ0) is 22.9. The Morgan fingerprint density at radius 2 is 1.60 bits per heavy atom. The standard InChI is InChI=1S/C22H29F4NO3/c1-4-5-6-7-8-9-10-11-12-18(20(28)29)27(21(30)22(24,25)26)17-13-15(2)19(23)16(3)14-17/h8-9,13-14,18H,4-7,10-12H2,1-3H3,(H,28,29)/b9-8+. The highest BCUT2D eigenvalue weighted by Gasteiger charge is 2.47. The van der Waals surface area contributed by atoms with Crippen molar-refractivity contribution in [3.8, 4) is 0 Å². The summed E-state index contributed by atoms with van der Waals surface area (Å²) in [5.74, 6) is -4.44. The number of carboxylic acids is 1. The van der Waals surface area contributed by atoms with Crippen LogP contribution in [0.2, 0.25) is 0 Å². The summed E-state index contributed by atoms with van der Waals surface area (Å²) < 4.78 is 53.5. The number of nitrogens with zero attached hydrogens (tertiary/aromatic N) is 1. The van der Waals surface area contributed by atoms with Gasteiger partial charge in [0.05, 0.1) is 0 Å². The number of amides is 1. The van der Waals surface area contributed by atoms with Crippen molar-refractivity contribution in [1.29, 1.82) is 0 Å². The number of hydrogen-bond donors (Lipinski definition) is 1. The number of halogens is 4. The van der Waals surface area contributed by atoms with Gasteiger partial charge in [-0.2, -0.15) is 13.2 Å². The number of carboxylic acid groups (broad SMARTS) is 1. The molecule has 0 bridgehead atoms. The van der Waals surface area contributed by atoms with Crippen LogP contribution < -0.4 is 4.90 Å². The molecule has 0 fully saturated rings. The van der Waals surface area contributed by atoms with E-state index in [9.17, 15) is 32.3 Å². The van der Waals surface area contributed by atoms with Crippen molar-refractivity contribution in [3.05, 3.63) is 41.2 Å². The third-order valence-electron chi connectivity index (χ3n) is 4.75. The Hall–Kier alpha value is -2.38. The zero-order valence-electron chi connectivity index (χ0n) is 17.6. The number of carbonyl (C=O) groups excluding carboxylic acids is 1. The summed E-state index contributed by atoms with van der Waals surface area (Å²) in [5.41, 5.74) is -0.218. The van der Waals surface area contributed by atoms with Crippen LogP contribution >= 0.6 is 0 Å².